The molecule has 0 heterocycles. The molecule has 6 nitrogen and oxygen atoms in total. The second kappa shape index (κ2) is 8.50. The first-order chi connectivity index (χ1) is 8.80. The van der Waals surface area contributed by atoms with Crippen LogP contribution in [0.25, 0.3) is 0 Å². The van der Waals surface area contributed by atoms with Gasteiger partial charge >= 0.3 is 12.1 Å². The minimum absolute atomic E-state index is 0.135. The Labute approximate surface area is 113 Å². The van der Waals surface area contributed by atoms with E-state index in [4.69, 9.17) is 9.47 Å². The van der Waals surface area contributed by atoms with E-state index in [1.54, 1.807) is 20.8 Å². The number of carbonyl (C=O) groups is 3. The molecular formula is C13H23NO5. The highest BCUT2D eigenvalue weighted by Gasteiger charge is 2.25. The van der Waals surface area contributed by atoms with Crippen molar-refractivity contribution in [3.05, 3.63) is 0 Å². The Kier molecular flexibility index (Phi) is 7.79. The van der Waals surface area contributed by atoms with Crippen LogP contribution in [-0.4, -0.2) is 36.6 Å². The van der Waals surface area contributed by atoms with Gasteiger partial charge in [0.05, 0.1) is 6.61 Å². The van der Waals surface area contributed by atoms with Crippen molar-refractivity contribution in [2.75, 3.05) is 6.61 Å². The molecule has 0 aliphatic rings. The predicted molar refractivity (Wildman–Crippen MR) is 69.7 cm³/mol. The van der Waals surface area contributed by atoms with Crippen LogP contribution < -0.4 is 5.32 Å². The average Bonchev–Trinajstić information content (AvgIpc) is 2.26. The number of aldehydes is 1. The van der Waals surface area contributed by atoms with Gasteiger partial charge in [0, 0.05) is 6.42 Å². The second-order valence-corrected chi connectivity index (χ2v) is 5.12. The number of carbonyl (C=O) groups excluding carboxylic acids is 3. The number of hydrogen-bond donors (Lipinski definition) is 1. The summed E-state index contributed by atoms with van der Waals surface area (Å²) in [5.74, 6) is -0.619. The standard InChI is InChI=1S/C13H23NO5/c1-5-6-9-18-11(16)10(7-8-15)14-12(17)19-13(2,3)4/h8,10H,5-7,9H2,1-4H3,(H,14,17)/t10-/m0/s1. The van der Waals surface area contributed by atoms with Gasteiger partial charge in [-0.15, -0.1) is 0 Å². The van der Waals surface area contributed by atoms with Crippen LogP contribution in [0.2, 0.25) is 0 Å². The molecule has 0 radical (unpaired) electrons. The fraction of sp³-hybridized carbons (Fsp3) is 0.769. The van der Waals surface area contributed by atoms with E-state index in [0.29, 0.717) is 6.29 Å². The summed E-state index contributed by atoms with van der Waals surface area (Å²) in [6.45, 7) is 7.37. The number of alkyl carbamates (subject to hydrolysis) is 1. The van der Waals surface area contributed by atoms with Gasteiger partial charge < -0.3 is 19.6 Å². The van der Waals surface area contributed by atoms with Gasteiger partial charge in [0.25, 0.3) is 0 Å². The summed E-state index contributed by atoms with van der Waals surface area (Å²) in [7, 11) is 0. The van der Waals surface area contributed by atoms with Crippen molar-refractivity contribution >= 4 is 18.3 Å². The Morgan fingerprint density at radius 2 is 1.95 bits per heavy atom. The summed E-state index contributed by atoms with van der Waals surface area (Å²) in [6.07, 6.45) is 1.32. The van der Waals surface area contributed by atoms with Gasteiger partial charge in [0.2, 0.25) is 0 Å². The molecule has 0 spiro atoms. The van der Waals surface area contributed by atoms with E-state index in [1.807, 2.05) is 6.92 Å². The lowest BCUT2D eigenvalue weighted by Gasteiger charge is -2.22. The average molecular weight is 273 g/mol. The highest BCUT2D eigenvalue weighted by molar-refractivity contribution is 5.83. The predicted octanol–water partition coefficient (Wildman–Crippen LogP) is 1.81. The van der Waals surface area contributed by atoms with E-state index in [1.165, 1.54) is 0 Å². The summed E-state index contributed by atoms with van der Waals surface area (Å²) < 4.78 is 9.98. The number of rotatable bonds is 7. The van der Waals surface area contributed by atoms with E-state index in [2.05, 4.69) is 5.32 Å². The Hall–Kier alpha value is -1.59. The molecule has 6 heteroatoms. The first kappa shape index (κ1) is 17.4. The zero-order valence-corrected chi connectivity index (χ0v) is 12.0. The molecule has 0 rings (SSSR count). The van der Waals surface area contributed by atoms with Gasteiger partial charge in [-0.1, -0.05) is 13.3 Å². The van der Waals surface area contributed by atoms with Crippen molar-refractivity contribution in [3.63, 3.8) is 0 Å². The van der Waals surface area contributed by atoms with Crippen LogP contribution in [0.15, 0.2) is 0 Å². The zero-order valence-electron chi connectivity index (χ0n) is 12.0. The Balaban J connectivity index is 4.35. The van der Waals surface area contributed by atoms with Crippen LogP contribution in [0.1, 0.15) is 47.0 Å². The van der Waals surface area contributed by atoms with E-state index in [0.717, 1.165) is 12.8 Å². The van der Waals surface area contributed by atoms with Gasteiger partial charge in [0.15, 0.2) is 0 Å². The third-order valence-electron chi connectivity index (χ3n) is 2.05. The molecule has 0 aromatic heterocycles. The van der Waals surface area contributed by atoms with Gasteiger partial charge in [-0.2, -0.15) is 0 Å². The maximum absolute atomic E-state index is 11.7. The smallest absolute Gasteiger partial charge is 0.408 e. The first-order valence-electron chi connectivity index (χ1n) is 6.40. The fourth-order valence-corrected chi connectivity index (χ4v) is 1.18. The van der Waals surface area contributed by atoms with Gasteiger partial charge in [0.1, 0.15) is 17.9 Å². The molecule has 0 bridgehead atoms. The lowest BCUT2D eigenvalue weighted by molar-refractivity contribution is -0.147. The van der Waals surface area contributed by atoms with Crippen molar-refractivity contribution in [1.29, 1.82) is 0 Å². The molecule has 0 aromatic rings. The molecule has 1 N–H and O–H groups in total. The molecular weight excluding hydrogens is 250 g/mol. The van der Waals surface area contributed by atoms with Gasteiger partial charge in [-0.05, 0) is 27.2 Å². The normalized spacial score (nSPS) is 12.4. The topological polar surface area (TPSA) is 81.7 Å². The number of nitrogens with one attached hydrogen (secondary N) is 1. The van der Waals surface area contributed by atoms with Crippen molar-refractivity contribution in [3.8, 4) is 0 Å². The lowest BCUT2D eigenvalue weighted by Crippen LogP contribution is -2.44. The first-order valence-corrected chi connectivity index (χ1v) is 6.40. The maximum Gasteiger partial charge on any atom is 0.408 e. The SMILES string of the molecule is CCCCOC(=O)[C@H](CC=O)NC(=O)OC(C)(C)C. The van der Waals surface area contributed by atoms with Crippen LogP contribution in [0, 0.1) is 0 Å². The maximum atomic E-state index is 11.7. The molecule has 0 fully saturated rings. The third-order valence-corrected chi connectivity index (χ3v) is 2.05. The van der Waals surface area contributed by atoms with E-state index >= 15 is 0 Å². The highest BCUT2D eigenvalue weighted by atomic mass is 16.6. The van der Waals surface area contributed by atoms with Crippen molar-refractivity contribution in [1.82, 2.24) is 5.32 Å². The van der Waals surface area contributed by atoms with Crippen LogP contribution in [0.4, 0.5) is 4.79 Å². The summed E-state index contributed by atoms with van der Waals surface area (Å²) in [6, 6.07) is -0.996. The van der Waals surface area contributed by atoms with Crippen LogP contribution in [0.5, 0.6) is 0 Å². The molecule has 0 saturated heterocycles. The van der Waals surface area contributed by atoms with E-state index in [-0.39, 0.29) is 13.0 Å². The third kappa shape index (κ3) is 9.04. The molecule has 0 aliphatic heterocycles. The molecule has 1 amide bonds. The minimum atomic E-state index is -0.996. The molecule has 1 atom stereocenters. The van der Waals surface area contributed by atoms with Crippen LogP contribution in [0.3, 0.4) is 0 Å². The minimum Gasteiger partial charge on any atom is -0.464 e. The monoisotopic (exact) mass is 273 g/mol. The van der Waals surface area contributed by atoms with Crippen molar-refractivity contribution in [2.45, 2.75) is 58.6 Å². The Bertz CT molecular complexity index is 309. The molecule has 110 valence electrons. The van der Waals surface area contributed by atoms with Gasteiger partial charge in [-0.25, -0.2) is 9.59 Å². The summed E-state index contributed by atoms with van der Waals surface area (Å²) in [4.78, 5) is 33.7. The lowest BCUT2D eigenvalue weighted by atomic mass is 10.2. The molecule has 0 aromatic carbocycles. The van der Waals surface area contributed by atoms with Crippen LogP contribution >= 0.6 is 0 Å². The largest absolute Gasteiger partial charge is 0.464 e. The summed E-state index contributed by atoms with van der Waals surface area (Å²) in [5.41, 5.74) is -0.665. The summed E-state index contributed by atoms with van der Waals surface area (Å²) in [5, 5.41) is 2.33. The molecule has 0 unspecified atom stereocenters. The molecule has 0 saturated carbocycles. The zero-order chi connectivity index (χ0) is 14.9. The van der Waals surface area contributed by atoms with Crippen molar-refractivity contribution < 1.29 is 23.9 Å². The molecule has 0 aliphatic carbocycles. The van der Waals surface area contributed by atoms with E-state index < -0.39 is 23.7 Å². The number of esters is 1. The quantitative estimate of drug-likeness (QED) is 0.434. The molecule has 19 heavy (non-hydrogen) atoms. The Morgan fingerprint density at radius 3 is 2.42 bits per heavy atom. The van der Waals surface area contributed by atoms with Crippen LogP contribution in [-0.2, 0) is 19.1 Å². The summed E-state index contributed by atoms with van der Waals surface area (Å²) >= 11 is 0. The number of ether oxygens (including phenoxy) is 2. The number of hydrogen-bond acceptors (Lipinski definition) is 5. The number of unbranched alkanes of at least 4 members (excludes halogenated alkanes) is 1. The van der Waals surface area contributed by atoms with Crippen molar-refractivity contribution in [2.24, 2.45) is 0 Å². The van der Waals surface area contributed by atoms with E-state index in [9.17, 15) is 14.4 Å². The number of amides is 1. The fourth-order valence-electron chi connectivity index (χ4n) is 1.18. The van der Waals surface area contributed by atoms with Gasteiger partial charge in [-0.3, -0.25) is 0 Å². The second-order valence-electron chi connectivity index (χ2n) is 5.12. The highest BCUT2D eigenvalue weighted by Crippen LogP contribution is 2.07. The Morgan fingerprint density at radius 1 is 1.32 bits per heavy atom.